The number of carbonyl (C=O) groups excluding carboxylic acids is 1. The third kappa shape index (κ3) is 3.26. The lowest BCUT2D eigenvalue weighted by Crippen LogP contribution is -2.45. The molecule has 3 atom stereocenters. The molecule has 1 aromatic carbocycles. The monoisotopic (exact) mass is 319 g/mol. The first-order valence-corrected chi connectivity index (χ1v) is 7.69. The van der Waals surface area contributed by atoms with E-state index in [1.54, 1.807) is 4.90 Å². The third-order valence-corrected chi connectivity index (χ3v) is 4.66. The van der Waals surface area contributed by atoms with Gasteiger partial charge in [-0.1, -0.05) is 29.8 Å². The molecule has 22 heavy (non-hydrogen) atoms. The van der Waals surface area contributed by atoms with Crippen LogP contribution in [0.2, 0.25) is 0 Å². The van der Waals surface area contributed by atoms with E-state index in [0.29, 0.717) is 5.92 Å². The Balaban J connectivity index is 0.00000176. The molecule has 3 rings (SSSR count). The molecule has 2 heterocycles. The standard InChI is InChI=1S/C17H21N3O.ClH/c1-12-4-6-13(7-5-12)14-9-16(19-11-14)17(21)20-8-2-3-15(20)10-18;/h4-7,14-16,19H,2-3,8-9,11H2,1H3;1H/t14-,15-,16-;/m0./s1. The van der Waals surface area contributed by atoms with Crippen LogP contribution in [-0.4, -0.2) is 36.0 Å². The van der Waals surface area contributed by atoms with E-state index >= 15 is 0 Å². The van der Waals surface area contributed by atoms with Crippen LogP contribution in [0, 0.1) is 18.3 Å². The van der Waals surface area contributed by atoms with E-state index in [-0.39, 0.29) is 30.4 Å². The molecule has 1 N–H and O–H groups in total. The third-order valence-electron chi connectivity index (χ3n) is 4.66. The van der Waals surface area contributed by atoms with E-state index in [1.165, 1.54) is 11.1 Å². The molecule has 2 saturated heterocycles. The van der Waals surface area contributed by atoms with Gasteiger partial charge in [-0.2, -0.15) is 5.26 Å². The molecule has 118 valence electrons. The molecular formula is C17H22ClN3O. The maximum Gasteiger partial charge on any atom is 0.240 e. The average molecular weight is 320 g/mol. The fourth-order valence-electron chi connectivity index (χ4n) is 3.38. The van der Waals surface area contributed by atoms with Crippen molar-refractivity contribution in [3.05, 3.63) is 35.4 Å². The Bertz CT molecular complexity index is 566. The summed E-state index contributed by atoms with van der Waals surface area (Å²) in [6, 6.07) is 10.4. The summed E-state index contributed by atoms with van der Waals surface area (Å²) in [5, 5.41) is 12.5. The first kappa shape index (κ1) is 16.8. The molecule has 0 unspecified atom stereocenters. The number of carbonyl (C=O) groups is 1. The maximum atomic E-state index is 12.6. The predicted molar refractivity (Wildman–Crippen MR) is 87.9 cm³/mol. The van der Waals surface area contributed by atoms with Crippen LogP contribution < -0.4 is 5.32 Å². The highest BCUT2D eigenvalue weighted by Crippen LogP contribution is 2.28. The molecule has 0 radical (unpaired) electrons. The van der Waals surface area contributed by atoms with Gasteiger partial charge in [-0.3, -0.25) is 4.79 Å². The van der Waals surface area contributed by atoms with Crippen LogP contribution in [0.4, 0.5) is 0 Å². The van der Waals surface area contributed by atoms with Crippen molar-refractivity contribution in [1.82, 2.24) is 10.2 Å². The predicted octanol–water partition coefficient (Wildman–Crippen LogP) is 2.38. The van der Waals surface area contributed by atoms with Crippen molar-refractivity contribution in [3.8, 4) is 6.07 Å². The molecule has 2 aliphatic heterocycles. The average Bonchev–Trinajstić information content (AvgIpc) is 3.16. The molecule has 0 bridgehead atoms. The Labute approximate surface area is 137 Å². The quantitative estimate of drug-likeness (QED) is 0.910. The minimum absolute atomic E-state index is 0. The topological polar surface area (TPSA) is 56.1 Å². The van der Waals surface area contributed by atoms with E-state index in [2.05, 4.69) is 42.6 Å². The molecule has 0 aliphatic carbocycles. The van der Waals surface area contributed by atoms with E-state index < -0.39 is 0 Å². The van der Waals surface area contributed by atoms with Gasteiger partial charge < -0.3 is 10.2 Å². The number of halogens is 1. The fourth-order valence-corrected chi connectivity index (χ4v) is 3.38. The van der Waals surface area contributed by atoms with E-state index in [4.69, 9.17) is 5.26 Å². The van der Waals surface area contributed by atoms with Gasteiger partial charge >= 0.3 is 0 Å². The Morgan fingerprint density at radius 3 is 2.77 bits per heavy atom. The molecule has 1 amide bonds. The van der Waals surface area contributed by atoms with Crippen LogP contribution in [0.1, 0.15) is 36.3 Å². The smallest absolute Gasteiger partial charge is 0.240 e. The number of nitrogens with one attached hydrogen (secondary N) is 1. The van der Waals surface area contributed by atoms with Crippen LogP contribution in [0.15, 0.2) is 24.3 Å². The molecule has 5 heteroatoms. The summed E-state index contributed by atoms with van der Waals surface area (Å²) in [5.41, 5.74) is 2.55. The Hall–Kier alpha value is -1.57. The van der Waals surface area contributed by atoms with E-state index in [1.807, 2.05) is 0 Å². The Kier molecular flexibility index (Phi) is 5.44. The molecule has 4 nitrogen and oxygen atoms in total. The van der Waals surface area contributed by atoms with Gasteiger partial charge in [0.1, 0.15) is 6.04 Å². The van der Waals surface area contributed by atoms with Crippen LogP contribution in [-0.2, 0) is 4.79 Å². The van der Waals surface area contributed by atoms with Crippen LogP contribution in [0.25, 0.3) is 0 Å². The number of amides is 1. The van der Waals surface area contributed by atoms with Crippen molar-refractivity contribution >= 4 is 18.3 Å². The van der Waals surface area contributed by atoms with Gasteiger partial charge in [0.05, 0.1) is 12.1 Å². The largest absolute Gasteiger partial charge is 0.325 e. The summed E-state index contributed by atoms with van der Waals surface area (Å²) in [6.07, 6.45) is 2.59. The zero-order chi connectivity index (χ0) is 14.8. The Morgan fingerprint density at radius 2 is 2.09 bits per heavy atom. The first-order chi connectivity index (χ1) is 10.2. The minimum Gasteiger partial charge on any atom is -0.325 e. The lowest BCUT2D eigenvalue weighted by atomic mass is 9.95. The highest BCUT2D eigenvalue weighted by molar-refractivity contribution is 5.85. The summed E-state index contributed by atoms with van der Waals surface area (Å²) in [6.45, 7) is 3.65. The molecule has 0 aromatic heterocycles. The minimum atomic E-state index is -0.224. The lowest BCUT2D eigenvalue weighted by molar-refractivity contribution is -0.133. The van der Waals surface area contributed by atoms with Gasteiger partial charge in [0.15, 0.2) is 0 Å². The van der Waals surface area contributed by atoms with Crippen molar-refractivity contribution in [3.63, 3.8) is 0 Å². The number of rotatable bonds is 2. The van der Waals surface area contributed by atoms with Crippen molar-refractivity contribution in [2.24, 2.45) is 0 Å². The van der Waals surface area contributed by atoms with Crippen LogP contribution in [0.5, 0.6) is 0 Å². The number of nitrogens with zero attached hydrogens (tertiary/aromatic N) is 2. The van der Waals surface area contributed by atoms with Gasteiger partial charge in [0, 0.05) is 13.1 Å². The second-order valence-electron chi connectivity index (χ2n) is 6.12. The molecule has 0 spiro atoms. The molecule has 1 aromatic rings. The van der Waals surface area contributed by atoms with Gasteiger partial charge in [-0.05, 0) is 37.7 Å². The Morgan fingerprint density at radius 1 is 1.36 bits per heavy atom. The van der Waals surface area contributed by atoms with Gasteiger partial charge in [-0.15, -0.1) is 12.4 Å². The fraction of sp³-hybridized carbons (Fsp3) is 0.529. The van der Waals surface area contributed by atoms with Crippen molar-refractivity contribution in [1.29, 1.82) is 5.26 Å². The highest BCUT2D eigenvalue weighted by atomic mass is 35.5. The number of likely N-dealkylation sites (tertiary alicyclic amines) is 1. The molecular weight excluding hydrogens is 298 g/mol. The summed E-state index contributed by atoms with van der Waals surface area (Å²) >= 11 is 0. The highest BCUT2D eigenvalue weighted by Gasteiger charge is 2.37. The van der Waals surface area contributed by atoms with Gasteiger partial charge in [0.25, 0.3) is 0 Å². The second kappa shape index (κ2) is 7.13. The summed E-state index contributed by atoms with van der Waals surface area (Å²) in [5.74, 6) is 0.497. The summed E-state index contributed by atoms with van der Waals surface area (Å²) in [4.78, 5) is 14.3. The molecule has 2 aliphatic rings. The summed E-state index contributed by atoms with van der Waals surface area (Å²) < 4.78 is 0. The van der Waals surface area contributed by atoms with Crippen molar-refractivity contribution in [2.45, 2.75) is 44.2 Å². The van der Waals surface area contributed by atoms with E-state index in [0.717, 1.165) is 32.4 Å². The lowest BCUT2D eigenvalue weighted by Gasteiger charge is -2.23. The summed E-state index contributed by atoms with van der Waals surface area (Å²) in [7, 11) is 0. The van der Waals surface area contributed by atoms with E-state index in [9.17, 15) is 4.79 Å². The number of hydrogen-bond acceptors (Lipinski definition) is 3. The molecule has 2 fully saturated rings. The van der Waals surface area contributed by atoms with Gasteiger partial charge in [0.2, 0.25) is 5.91 Å². The first-order valence-electron chi connectivity index (χ1n) is 7.69. The van der Waals surface area contributed by atoms with Gasteiger partial charge in [-0.25, -0.2) is 0 Å². The van der Waals surface area contributed by atoms with Crippen LogP contribution in [0.3, 0.4) is 0 Å². The number of aryl methyl sites for hydroxylation is 1. The van der Waals surface area contributed by atoms with Crippen LogP contribution >= 0.6 is 12.4 Å². The maximum absolute atomic E-state index is 12.6. The number of nitriles is 1. The number of benzene rings is 1. The SMILES string of the molecule is Cc1ccc([C@@H]2CN[C@H](C(=O)N3CCC[C@H]3C#N)C2)cc1.Cl. The molecule has 0 saturated carbocycles. The zero-order valence-electron chi connectivity index (χ0n) is 12.8. The van der Waals surface area contributed by atoms with Crippen molar-refractivity contribution in [2.75, 3.05) is 13.1 Å². The van der Waals surface area contributed by atoms with Crippen molar-refractivity contribution < 1.29 is 4.79 Å². The zero-order valence-corrected chi connectivity index (χ0v) is 13.6. The normalized spacial score (nSPS) is 27.3. The second-order valence-corrected chi connectivity index (χ2v) is 6.12. The number of hydrogen-bond donors (Lipinski definition) is 1.